The van der Waals surface area contributed by atoms with Gasteiger partial charge < -0.3 is 4.74 Å². The summed E-state index contributed by atoms with van der Waals surface area (Å²) in [5.41, 5.74) is 5.54. The highest BCUT2D eigenvalue weighted by atomic mass is 16.5. The Bertz CT molecular complexity index is 1110. The van der Waals surface area contributed by atoms with Gasteiger partial charge in [-0.2, -0.15) is 0 Å². The number of benzene rings is 4. The van der Waals surface area contributed by atoms with Crippen LogP contribution in [-0.2, 0) is 4.74 Å². The normalized spacial score (nSPS) is 12.6. The molecular formula is C25H18O2. The van der Waals surface area contributed by atoms with Crippen molar-refractivity contribution in [3.8, 4) is 11.1 Å². The average molecular weight is 350 g/mol. The molecule has 1 aliphatic rings. The van der Waals surface area contributed by atoms with Crippen LogP contribution in [-0.4, -0.2) is 12.6 Å². The Balaban J connectivity index is 1.45. The van der Waals surface area contributed by atoms with Crippen LogP contribution in [0.4, 0.5) is 0 Å². The molecule has 0 spiro atoms. The maximum absolute atomic E-state index is 12.8. The van der Waals surface area contributed by atoms with E-state index in [1.165, 1.54) is 22.3 Å². The molecule has 0 aromatic heterocycles. The number of fused-ring (bicyclic) bond motifs is 4. The third-order valence-electron chi connectivity index (χ3n) is 5.35. The summed E-state index contributed by atoms with van der Waals surface area (Å²) < 4.78 is 5.79. The van der Waals surface area contributed by atoms with Gasteiger partial charge in [0.2, 0.25) is 0 Å². The van der Waals surface area contributed by atoms with Crippen LogP contribution in [0.15, 0.2) is 91.0 Å². The molecule has 27 heavy (non-hydrogen) atoms. The SMILES string of the molecule is O=C(OCC1c2ccccc2-c2ccccc21)c1cccc2ccccc12. The maximum Gasteiger partial charge on any atom is 0.338 e. The molecule has 0 unspecified atom stereocenters. The molecule has 0 heterocycles. The van der Waals surface area contributed by atoms with E-state index in [9.17, 15) is 4.79 Å². The van der Waals surface area contributed by atoms with E-state index in [1.54, 1.807) is 0 Å². The number of hydrogen-bond acceptors (Lipinski definition) is 2. The van der Waals surface area contributed by atoms with E-state index in [0.29, 0.717) is 12.2 Å². The van der Waals surface area contributed by atoms with Crippen molar-refractivity contribution in [1.29, 1.82) is 0 Å². The van der Waals surface area contributed by atoms with Gasteiger partial charge >= 0.3 is 5.97 Å². The molecule has 2 heteroatoms. The third kappa shape index (κ3) is 2.61. The van der Waals surface area contributed by atoms with Gasteiger partial charge in [0.15, 0.2) is 0 Å². The fraction of sp³-hybridized carbons (Fsp3) is 0.0800. The summed E-state index contributed by atoms with van der Waals surface area (Å²) in [5.74, 6) is -0.190. The van der Waals surface area contributed by atoms with Crippen molar-refractivity contribution in [2.45, 2.75) is 5.92 Å². The first kappa shape index (κ1) is 15.8. The van der Waals surface area contributed by atoms with Gasteiger partial charge in [0.05, 0.1) is 5.56 Å². The van der Waals surface area contributed by atoms with Gasteiger partial charge in [-0.1, -0.05) is 84.9 Å². The van der Waals surface area contributed by atoms with E-state index in [0.717, 1.165) is 10.8 Å². The maximum atomic E-state index is 12.8. The molecule has 0 saturated carbocycles. The number of carbonyl (C=O) groups is 1. The summed E-state index contributed by atoms with van der Waals surface area (Å²) >= 11 is 0. The van der Waals surface area contributed by atoms with Crippen molar-refractivity contribution in [3.05, 3.63) is 108 Å². The lowest BCUT2D eigenvalue weighted by atomic mass is 9.98. The molecule has 4 aromatic carbocycles. The van der Waals surface area contributed by atoms with Crippen LogP contribution in [0.3, 0.4) is 0 Å². The van der Waals surface area contributed by atoms with Gasteiger partial charge in [-0.3, -0.25) is 0 Å². The molecule has 0 bridgehead atoms. The zero-order chi connectivity index (χ0) is 18.2. The molecule has 130 valence electrons. The first-order chi connectivity index (χ1) is 13.3. The van der Waals surface area contributed by atoms with Crippen LogP contribution in [0.2, 0.25) is 0 Å². The van der Waals surface area contributed by atoms with E-state index in [1.807, 2.05) is 54.6 Å². The fourth-order valence-electron chi connectivity index (χ4n) is 4.08. The molecule has 0 radical (unpaired) electrons. The highest BCUT2D eigenvalue weighted by molar-refractivity contribution is 6.04. The van der Waals surface area contributed by atoms with E-state index in [-0.39, 0.29) is 11.9 Å². The Morgan fingerprint density at radius 2 is 1.30 bits per heavy atom. The van der Waals surface area contributed by atoms with Gasteiger partial charge in [-0.05, 0) is 39.1 Å². The van der Waals surface area contributed by atoms with Gasteiger partial charge in [0.1, 0.15) is 6.61 Å². The number of hydrogen-bond donors (Lipinski definition) is 0. The zero-order valence-corrected chi connectivity index (χ0v) is 14.8. The lowest BCUT2D eigenvalue weighted by Crippen LogP contribution is -2.13. The largest absolute Gasteiger partial charge is 0.461 e. The predicted molar refractivity (Wildman–Crippen MR) is 108 cm³/mol. The zero-order valence-electron chi connectivity index (χ0n) is 14.8. The van der Waals surface area contributed by atoms with Crippen LogP contribution in [0, 0.1) is 0 Å². The van der Waals surface area contributed by atoms with Crippen molar-refractivity contribution in [2.24, 2.45) is 0 Å². The van der Waals surface area contributed by atoms with E-state index < -0.39 is 0 Å². The summed E-state index contributed by atoms with van der Waals surface area (Å²) in [6, 6.07) is 30.4. The molecule has 1 aliphatic carbocycles. The van der Waals surface area contributed by atoms with Crippen molar-refractivity contribution >= 4 is 16.7 Å². The Morgan fingerprint density at radius 3 is 2.04 bits per heavy atom. The Labute approximate surface area is 158 Å². The Hall–Kier alpha value is -3.39. The van der Waals surface area contributed by atoms with E-state index in [2.05, 4.69) is 36.4 Å². The van der Waals surface area contributed by atoms with Crippen molar-refractivity contribution < 1.29 is 9.53 Å². The third-order valence-corrected chi connectivity index (χ3v) is 5.35. The molecule has 2 nitrogen and oxygen atoms in total. The number of rotatable bonds is 3. The first-order valence-corrected chi connectivity index (χ1v) is 9.16. The summed E-state index contributed by atoms with van der Waals surface area (Å²) in [7, 11) is 0. The van der Waals surface area contributed by atoms with E-state index >= 15 is 0 Å². The highest BCUT2D eigenvalue weighted by Crippen LogP contribution is 2.44. The molecule has 0 aliphatic heterocycles. The van der Waals surface area contributed by atoms with Crippen LogP contribution < -0.4 is 0 Å². The van der Waals surface area contributed by atoms with Gasteiger partial charge in [0, 0.05) is 5.92 Å². The molecular weight excluding hydrogens is 332 g/mol. The first-order valence-electron chi connectivity index (χ1n) is 9.16. The number of esters is 1. The predicted octanol–water partition coefficient (Wildman–Crippen LogP) is 5.81. The summed E-state index contributed by atoms with van der Waals surface area (Å²) in [6.07, 6.45) is 0. The second-order valence-electron chi connectivity index (χ2n) is 6.85. The lowest BCUT2D eigenvalue weighted by molar-refractivity contribution is 0.0496. The number of carbonyl (C=O) groups excluding carboxylic acids is 1. The second-order valence-corrected chi connectivity index (χ2v) is 6.85. The molecule has 4 aromatic rings. The Kier molecular flexibility index (Phi) is 3.75. The van der Waals surface area contributed by atoms with Crippen molar-refractivity contribution in [2.75, 3.05) is 6.61 Å². The minimum absolute atomic E-state index is 0.0799. The monoisotopic (exact) mass is 350 g/mol. The smallest absolute Gasteiger partial charge is 0.338 e. The summed E-state index contributed by atoms with van der Waals surface area (Å²) in [4.78, 5) is 12.8. The Morgan fingerprint density at radius 1 is 0.704 bits per heavy atom. The van der Waals surface area contributed by atoms with Crippen molar-refractivity contribution in [3.63, 3.8) is 0 Å². The van der Waals surface area contributed by atoms with Crippen LogP contribution in [0.5, 0.6) is 0 Å². The lowest BCUT2D eigenvalue weighted by Gasteiger charge is -2.15. The van der Waals surface area contributed by atoms with Crippen LogP contribution in [0.1, 0.15) is 27.4 Å². The summed E-state index contributed by atoms with van der Waals surface area (Å²) in [6.45, 7) is 0.343. The minimum Gasteiger partial charge on any atom is -0.461 e. The highest BCUT2D eigenvalue weighted by Gasteiger charge is 2.29. The van der Waals surface area contributed by atoms with Gasteiger partial charge in [-0.25, -0.2) is 4.79 Å². The fourth-order valence-corrected chi connectivity index (χ4v) is 4.08. The van der Waals surface area contributed by atoms with Gasteiger partial charge in [0.25, 0.3) is 0 Å². The topological polar surface area (TPSA) is 26.3 Å². The van der Waals surface area contributed by atoms with Crippen molar-refractivity contribution in [1.82, 2.24) is 0 Å². The standard InChI is InChI=1S/C25H18O2/c26-25(23-15-7-9-17-8-1-2-10-18(17)23)27-16-24-21-13-5-3-11-19(21)20-12-4-6-14-22(20)24/h1-15,24H,16H2. The molecule has 5 rings (SSSR count). The molecule has 0 saturated heterocycles. The molecule has 0 fully saturated rings. The van der Waals surface area contributed by atoms with Gasteiger partial charge in [-0.15, -0.1) is 0 Å². The molecule has 0 N–H and O–H groups in total. The summed E-state index contributed by atoms with van der Waals surface area (Å²) in [5, 5.41) is 1.97. The quantitative estimate of drug-likeness (QED) is 0.436. The van der Waals surface area contributed by atoms with E-state index in [4.69, 9.17) is 4.74 Å². The average Bonchev–Trinajstić information content (AvgIpc) is 3.05. The number of ether oxygens (including phenoxy) is 1. The van der Waals surface area contributed by atoms with Crippen LogP contribution >= 0.6 is 0 Å². The van der Waals surface area contributed by atoms with Crippen LogP contribution in [0.25, 0.3) is 21.9 Å². The minimum atomic E-state index is -0.270. The molecule has 0 amide bonds. The second kappa shape index (κ2) is 6.40. The molecule has 0 atom stereocenters.